The van der Waals surface area contributed by atoms with Crippen molar-refractivity contribution in [3.8, 4) is 0 Å². The van der Waals surface area contributed by atoms with Gasteiger partial charge in [-0.3, -0.25) is 14.2 Å². The Labute approximate surface area is 173 Å². The molecular formula is C20H27N3O3S2. The van der Waals surface area contributed by atoms with Gasteiger partial charge in [0.05, 0.1) is 17.2 Å². The van der Waals surface area contributed by atoms with Crippen LogP contribution >= 0.6 is 23.1 Å². The van der Waals surface area contributed by atoms with Crippen LogP contribution in [-0.4, -0.2) is 41.0 Å². The zero-order valence-corrected chi connectivity index (χ0v) is 18.1. The number of rotatable bonds is 8. The molecule has 1 N–H and O–H groups in total. The number of fused-ring (bicyclic) bond motifs is 3. The minimum Gasteiger partial charge on any atom is -0.383 e. The Morgan fingerprint density at radius 1 is 1.43 bits per heavy atom. The van der Waals surface area contributed by atoms with E-state index in [9.17, 15) is 9.59 Å². The molecule has 1 amide bonds. The molecule has 1 aliphatic carbocycles. The third-order valence-electron chi connectivity index (χ3n) is 4.86. The lowest BCUT2D eigenvalue weighted by molar-refractivity contribution is -0.120. The van der Waals surface area contributed by atoms with E-state index >= 15 is 0 Å². The van der Waals surface area contributed by atoms with Crippen molar-refractivity contribution in [2.24, 2.45) is 0 Å². The van der Waals surface area contributed by atoms with E-state index in [0.717, 1.165) is 29.5 Å². The molecule has 0 unspecified atom stereocenters. The molecule has 0 saturated heterocycles. The lowest BCUT2D eigenvalue weighted by Crippen LogP contribution is -2.34. The number of aromatic nitrogens is 2. The maximum Gasteiger partial charge on any atom is 0.263 e. The van der Waals surface area contributed by atoms with Gasteiger partial charge in [-0.1, -0.05) is 24.3 Å². The van der Waals surface area contributed by atoms with Crippen LogP contribution in [0.5, 0.6) is 0 Å². The summed E-state index contributed by atoms with van der Waals surface area (Å²) in [7, 11) is 1.60. The first kappa shape index (κ1) is 21.1. The molecule has 3 rings (SSSR count). The molecule has 1 aliphatic rings. The van der Waals surface area contributed by atoms with Gasteiger partial charge in [0.2, 0.25) is 5.91 Å². The Morgan fingerprint density at radius 2 is 2.21 bits per heavy atom. The van der Waals surface area contributed by atoms with Crippen molar-refractivity contribution in [3.63, 3.8) is 0 Å². The topological polar surface area (TPSA) is 73.2 Å². The molecule has 28 heavy (non-hydrogen) atoms. The lowest BCUT2D eigenvalue weighted by Gasteiger charge is -2.15. The highest BCUT2D eigenvalue weighted by Gasteiger charge is 2.23. The Bertz CT molecular complexity index is 920. The average Bonchev–Trinajstić information content (AvgIpc) is 2.86. The number of ether oxygens (including phenoxy) is 1. The van der Waals surface area contributed by atoms with E-state index in [-0.39, 0.29) is 16.7 Å². The molecule has 6 nitrogen and oxygen atoms in total. The Kier molecular flexibility index (Phi) is 7.31. The average molecular weight is 422 g/mol. The monoisotopic (exact) mass is 421 g/mol. The molecule has 0 saturated carbocycles. The zero-order chi connectivity index (χ0) is 20.1. The highest BCUT2D eigenvalue weighted by molar-refractivity contribution is 8.00. The number of thiophene rings is 1. The first-order chi connectivity index (χ1) is 13.6. The number of nitrogens with zero attached hydrogens (tertiary/aromatic N) is 2. The fraction of sp³-hybridized carbons (Fsp3) is 0.550. The normalized spacial score (nSPS) is 15.1. The van der Waals surface area contributed by atoms with Gasteiger partial charge in [-0.2, -0.15) is 0 Å². The van der Waals surface area contributed by atoms with E-state index in [2.05, 4.69) is 11.9 Å². The molecule has 2 aromatic rings. The van der Waals surface area contributed by atoms with Crippen molar-refractivity contribution in [3.05, 3.63) is 33.4 Å². The summed E-state index contributed by atoms with van der Waals surface area (Å²) < 4.78 is 6.61. The molecule has 2 heterocycles. The molecule has 0 fully saturated rings. The molecule has 1 atom stereocenters. The SMILES string of the molecule is C=CCn1c(S[C@@H](C)C(=O)NCCOC)nc2sc3c(c2c1=O)CCCCC3. The minimum atomic E-state index is -0.366. The van der Waals surface area contributed by atoms with Crippen molar-refractivity contribution < 1.29 is 9.53 Å². The summed E-state index contributed by atoms with van der Waals surface area (Å²) >= 11 is 2.95. The number of hydrogen-bond acceptors (Lipinski definition) is 6. The number of carbonyl (C=O) groups is 1. The van der Waals surface area contributed by atoms with E-state index in [1.807, 2.05) is 6.92 Å². The Balaban J connectivity index is 1.95. The number of allylic oxidation sites excluding steroid dienone is 1. The van der Waals surface area contributed by atoms with Gasteiger partial charge in [0, 0.05) is 25.1 Å². The molecular weight excluding hydrogens is 394 g/mol. The van der Waals surface area contributed by atoms with Crippen molar-refractivity contribution in [2.75, 3.05) is 20.3 Å². The van der Waals surface area contributed by atoms with Crippen molar-refractivity contribution in [1.29, 1.82) is 0 Å². The second kappa shape index (κ2) is 9.71. The highest BCUT2D eigenvalue weighted by atomic mass is 32.2. The number of hydrogen-bond donors (Lipinski definition) is 1. The molecule has 8 heteroatoms. The summed E-state index contributed by atoms with van der Waals surface area (Å²) in [4.78, 5) is 32.5. The van der Waals surface area contributed by atoms with Gasteiger partial charge in [0.25, 0.3) is 5.56 Å². The largest absolute Gasteiger partial charge is 0.383 e. The van der Waals surface area contributed by atoms with E-state index in [4.69, 9.17) is 9.72 Å². The molecule has 0 aromatic carbocycles. The summed E-state index contributed by atoms with van der Waals surface area (Å²) in [6, 6.07) is 0. The van der Waals surface area contributed by atoms with Crippen LogP contribution in [0, 0.1) is 0 Å². The first-order valence-electron chi connectivity index (χ1n) is 9.66. The predicted octanol–water partition coefficient (Wildman–Crippen LogP) is 3.16. The molecule has 0 bridgehead atoms. The highest BCUT2D eigenvalue weighted by Crippen LogP contribution is 2.34. The summed E-state index contributed by atoms with van der Waals surface area (Å²) in [6.07, 6.45) is 7.17. The van der Waals surface area contributed by atoms with Gasteiger partial charge in [0.1, 0.15) is 4.83 Å². The van der Waals surface area contributed by atoms with Gasteiger partial charge < -0.3 is 10.1 Å². The maximum atomic E-state index is 13.3. The van der Waals surface area contributed by atoms with Gasteiger partial charge in [0.15, 0.2) is 5.16 Å². The van der Waals surface area contributed by atoms with Crippen LogP contribution in [0.1, 0.15) is 36.6 Å². The van der Waals surface area contributed by atoms with E-state index < -0.39 is 0 Å². The zero-order valence-electron chi connectivity index (χ0n) is 16.5. The Hall–Kier alpha value is -1.64. The van der Waals surface area contributed by atoms with Gasteiger partial charge in [-0.05, 0) is 38.2 Å². The second-order valence-corrected chi connectivity index (χ2v) is 9.28. The summed E-state index contributed by atoms with van der Waals surface area (Å²) in [5.41, 5.74) is 1.17. The van der Waals surface area contributed by atoms with Crippen LogP contribution in [0.4, 0.5) is 0 Å². The van der Waals surface area contributed by atoms with Crippen LogP contribution in [-0.2, 0) is 28.9 Å². The van der Waals surface area contributed by atoms with Crippen LogP contribution < -0.4 is 10.9 Å². The van der Waals surface area contributed by atoms with Crippen molar-refractivity contribution >= 4 is 39.2 Å². The summed E-state index contributed by atoms with van der Waals surface area (Å²) in [5.74, 6) is -0.0940. The van der Waals surface area contributed by atoms with Gasteiger partial charge in [-0.25, -0.2) is 4.98 Å². The second-order valence-electron chi connectivity index (χ2n) is 6.89. The van der Waals surface area contributed by atoms with E-state index in [1.54, 1.807) is 29.1 Å². The van der Waals surface area contributed by atoms with Crippen molar-refractivity contribution in [1.82, 2.24) is 14.9 Å². The van der Waals surface area contributed by atoms with Crippen LogP contribution in [0.25, 0.3) is 10.2 Å². The third kappa shape index (κ3) is 4.50. The molecule has 2 aromatic heterocycles. The molecule has 0 spiro atoms. The minimum absolute atomic E-state index is 0.0150. The Morgan fingerprint density at radius 3 is 2.96 bits per heavy atom. The summed E-state index contributed by atoms with van der Waals surface area (Å²) in [6.45, 7) is 6.92. The number of carbonyl (C=O) groups excluding carboxylic acids is 1. The maximum absolute atomic E-state index is 13.3. The third-order valence-corrected chi connectivity index (χ3v) is 7.13. The van der Waals surface area contributed by atoms with Gasteiger partial charge in [-0.15, -0.1) is 17.9 Å². The van der Waals surface area contributed by atoms with Crippen LogP contribution in [0.15, 0.2) is 22.6 Å². The van der Waals surface area contributed by atoms with E-state index in [0.29, 0.717) is 24.9 Å². The number of thioether (sulfide) groups is 1. The standard InChI is InChI=1S/C20H27N3O3S2/c1-4-11-23-19(25)16-14-8-6-5-7-9-15(14)28-18(16)22-20(23)27-13(2)17(24)21-10-12-26-3/h4,13H,1,5-12H2,2-3H3,(H,21,24)/t13-/m0/s1. The number of nitrogens with one attached hydrogen (secondary N) is 1. The number of methoxy groups -OCH3 is 1. The summed E-state index contributed by atoms with van der Waals surface area (Å²) in [5, 5.41) is 3.81. The predicted molar refractivity (Wildman–Crippen MR) is 116 cm³/mol. The fourth-order valence-corrected chi connectivity index (χ4v) is 5.65. The van der Waals surface area contributed by atoms with Crippen molar-refractivity contribution in [2.45, 2.75) is 56.0 Å². The van der Waals surface area contributed by atoms with Crippen LogP contribution in [0.3, 0.4) is 0 Å². The quantitative estimate of drug-likeness (QED) is 0.233. The molecule has 152 valence electrons. The smallest absolute Gasteiger partial charge is 0.263 e. The molecule has 0 aliphatic heterocycles. The first-order valence-corrected chi connectivity index (χ1v) is 11.4. The van der Waals surface area contributed by atoms with Crippen LogP contribution in [0.2, 0.25) is 0 Å². The van der Waals surface area contributed by atoms with Gasteiger partial charge >= 0.3 is 0 Å². The number of amides is 1. The lowest BCUT2D eigenvalue weighted by atomic mass is 10.1. The van der Waals surface area contributed by atoms with E-state index in [1.165, 1.54) is 35.0 Å². The molecule has 0 radical (unpaired) electrons. The fourth-order valence-electron chi connectivity index (χ4n) is 3.41. The number of aryl methyl sites for hydroxylation is 2.